The summed E-state index contributed by atoms with van der Waals surface area (Å²) >= 11 is 0. The zero-order chi connectivity index (χ0) is 22.3. The first-order chi connectivity index (χ1) is 12.6. The van der Waals surface area contributed by atoms with Crippen LogP contribution in [0.5, 0.6) is 0 Å². The van der Waals surface area contributed by atoms with Gasteiger partial charge in [-0.25, -0.2) is 9.59 Å². The van der Waals surface area contributed by atoms with Gasteiger partial charge in [0.1, 0.15) is 23.2 Å². The molecule has 0 unspecified atom stereocenters. The Bertz CT molecular complexity index is 583. The molecule has 3 N–H and O–H groups in total. The molecule has 0 aromatic heterocycles. The third-order valence-corrected chi connectivity index (χ3v) is 4.05. The van der Waals surface area contributed by atoms with E-state index in [1.54, 1.807) is 20.8 Å². The van der Waals surface area contributed by atoms with Gasteiger partial charge in [-0.2, -0.15) is 0 Å². The number of carbonyl (C=O) groups is 4. The first kappa shape index (κ1) is 25.7. The molecule has 9 heteroatoms. The molecule has 28 heavy (non-hydrogen) atoms. The van der Waals surface area contributed by atoms with E-state index in [0.717, 1.165) is 0 Å². The lowest BCUT2D eigenvalue weighted by Crippen LogP contribution is -2.60. The molecule has 0 radical (unpaired) electrons. The minimum atomic E-state index is -1.25. The summed E-state index contributed by atoms with van der Waals surface area (Å²) in [6.07, 6.45) is -0.114. The van der Waals surface area contributed by atoms with E-state index < -0.39 is 47.1 Å². The summed E-state index contributed by atoms with van der Waals surface area (Å²) in [7, 11) is 1.23. The fraction of sp³-hybridized carbons (Fsp3) is 0.789. The summed E-state index contributed by atoms with van der Waals surface area (Å²) in [6.45, 7) is 13.3. The second-order valence-electron chi connectivity index (χ2n) is 8.35. The molecule has 0 aliphatic heterocycles. The Kier molecular flexibility index (Phi) is 9.43. The predicted octanol–water partition coefficient (Wildman–Crippen LogP) is 1.50. The maximum atomic E-state index is 12.7. The van der Waals surface area contributed by atoms with Crippen molar-refractivity contribution in [2.24, 2.45) is 5.92 Å². The van der Waals surface area contributed by atoms with Crippen molar-refractivity contribution in [2.75, 3.05) is 7.11 Å². The van der Waals surface area contributed by atoms with Crippen molar-refractivity contribution >= 4 is 23.9 Å². The Morgan fingerprint density at radius 2 is 1.46 bits per heavy atom. The van der Waals surface area contributed by atoms with Gasteiger partial charge in [-0.05, 0) is 47.5 Å². The number of nitrogens with one attached hydrogen (secondary N) is 3. The van der Waals surface area contributed by atoms with Crippen LogP contribution in [0.1, 0.15) is 61.8 Å². The molecule has 3 atom stereocenters. The number of hydrogen-bond acceptors (Lipinski definition) is 6. The van der Waals surface area contributed by atoms with Gasteiger partial charge >= 0.3 is 12.1 Å². The number of esters is 1. The average Bonchev–Trinajstić information content (AvgIpc) is 2.55. The second kappa shape index (κ2) is 10.3. The van der Waals surface area contributed by atoms with Crippen LogP contribution in [0.25, 0.3) is 0 Å². The number of rotatable bonds is 8. The molecule has 0 aromatic rings. The van der Waals surface area contributed by atoms with Crippen molar-refractivity contribution in [1.82, 2.24) is 16.0 Å². The molecule has 0 saturated carbocycles. The van der Waals surface area contributed by atoms with Crippen LogP contribution >= 0.6 is 0 Å². The Hall–Kier alpha value is -2.32. The highest BCUT2D eigenvalue weighted by molar-refractivity contribution is 5.94. The van der Waals surface area contributed by atoms with Crippen LogP contribution in [0.2, 0.25) is 0 Å². The lowest BCUT2D eigenvalue weighted by atomic mass is 9.96. The standard InChI is InChI=1S/C19H35N3O6/c1-10-11(2)13(15(24)22-19(7,8)16(25)27-9)21-14(23)12(3)20-17(26)28-18(4,5)6/h11-13H,10H2,1-9H3,(H,20,26)(H,21,23)(H,22,24)/t11-,12-,13-/m0/s1. The highest BCUT2D eigenvalue weighted by atomic mass is 16.6. The minimum Gasteiger partial charge on any atom is -0.467 e. The van der Waals surface area contributed by atoms with Crippen molar-refractivity contribution in [3.05, 3.63) is 0 Å². The summed E-state index contributed by atoms with van der Waals surface area (Å²) in [5.41, 5.74) is -1.94. The molecule has 0 aliphatic rings. The molecule has 0 bridgehead atoms. The van der Waals surface area contributed by atoms with Crippen molar-refractivity contribution in [2.45, 2.75) is 85.0 Å². The van der Waals surface area contributed by atoms with Gasteiger partial charge in [0, 0.05) is 0 Å². The first-order valence-electron chi connectivity index (χ1n) is 9.35. The predicted molar refractivity (Wildman–Crippen MR) is 104 cm³/mol. The van der Waals surface area contributed by atoms with Gasteiger partial charge < -0.3 is 25.4 Å². The van der Waals surface area contributed by atoms with E-state index in [0.29, 0.717) is 6.42 Å². The van der Waals surface area contributed by atoms with Crippen LogP contribution in [-0.4, -0.2) is 54.2 Å². The molecule has 9 nitrogen and oxygen atoms in total. The van der Waals surface area contributed by atoms with E-state index in [1.807, 2.05) is 13.8 Å². The molecule has 0 aliphatic carbocycles. The van der Waals surface area contributed by atoms with Gasteiger partial charge in [0.25, 0.3) is 0 Å². The van der Waals surface area contributed by atoms with Crippen LogP contribution in [-0.2, 0) is 23.9 Å². The quantitative estimate of drug-likeness (QED) is 0.530. The molecule has 0 saturated heterocycles. The number of methoxy groups -OCH3 is 1. The third-order valence-electron chi connectivity index (χ3n) is 4.05. The van der Waals surface area contributed by atoms with Gasteiger partial charge in [0.2, 0.25) is 11.8 Å². The number of hydrogen-bond donors (Lipinski definition) is 3. The molecule has 0 spiro atoms. The zero-order valence-electron chi connectivity index (χ0n) is 18.4. The molecule has 162 valence electrons. The summed E-state index contributed by atoms with van der Waals surface area (Å²) in [6, 6.07) is -1.80. The van der Waals surface area contributed by atoms with Crippen LogP contribution in [0.4, 0.5) is 4.79 Å². The third kappa shape index (κ3) is 8.58. The van der Waals surface area contributed by atoms with Gasteiger partial charge in [0.05, 0.1) is 7.11 Å². The van der Waals surface area contributed by atoms with Crippen LogP contribution in [0, 0.1) is 5.92 Å². The van der Waals surface area contributed by atoms with Crippen molar-refractivity contribution in [1.29, 1.82) is 0 Å². The SMILES string of the molecule is CC[C@H](C)[C@H](NC(=O)[C@H](C)NC(=O)OC(C)(C)C)C(=O)NC(C)(C)C(=O)OC. The molecular formula is C19H35N3O6. The molecule has 3 amide bonds. The number of carbonyl (C=O) groups excluding carboxylic acids is 4. The lowest BCUT2D eigenvalue weighted by Gasteiger charge is -2.30. The number of ether oxygens (including phenoxy) is 2. The van der Waals surface area contributed by atoms with E-state index in [1.165, 1.54) is 27.9 Å². The molecule has 0 heterocycles. The summed E-state index contributed by atoms with van der Waals surface area (Å²) < 4.78 is 9.81. The average molecular weight is 402 g/mol. The zero-order valence-corrected chi connectivity index (χ0v) is 18.4. The van der Waals surface area contributed by atoms with Crippen molar-refractivity contribution in [3.8, 4) is 0 Å². The molecule has 0 fully saturated rings. The van der Waals surface area contributed by atoms with Crippen LogP contribution in [0.3, 0.4) is 0 Å². The number of alkyl carbamates (subject to hydrolysis) is 1. The largest absolute Gasteiger partial charge is 0.467 e. The topological polar surface area (TPSA) is 123 Å². The maximum absolute atomic E-state index is 12.7. The normalized spacial score (nSPS) is 14.9. The lowest BCUT2D eigenvalue weighted by molar-refractivity contribution is -0.149. The van der Waals surface area contributed by atoms with E-state index in [-0.39, 0.29) is 5.92 Å². The smallest absolute Gasteiger partial charge is 0.408 e. The van der Waals surface area contributed by atoms with E-state index in [4.69, 9.17) is 4.74 Å². The summed E-state index contributed by atoms with van der Waals surface area (Å²) in [4.78, 5) is 48.8. The minimum absolute atomic E-state index is 0.203. The molecular weight excluding hydrogens is 366 g/mol. The highest BCUT2D eigenvalue weighted by Gasteiger charge is 2.35. The number of amides is 3. The van der Waals surface area contributed by atoms with Crippen molar-refractivity contribution in [3.63, 3.8) is 0 Å². The first-order valence-corrected chi connectivity index (χ1v) is 9.35. The Labute approximate surface area is 167 Å². The monoisotopic (exact) mass is 401 g/mol. The van der Waals surface area contributed by atoms with Gasteiger partial charge in [-0.3, -0.25) is 9.59 Å². The van der Waals surface area contributed by atoms with Crippen LogP contribution in [0.15, 0.2) is 0 Å². The molecule has 0 aromatic carbocycles. The van der Waals surface area contributed by atoms with E-state index in [2.05, 4.69) is 20.7 Å². The Morgan fingerprint density at radius 3 is 1.89 bits per heavy atom. The fourth-order valence-corrected chi connectivity index (χ4v) is 2.22. The van der Waals surface area contributed by atoms with Gasteiger partial charge in [-0.1, -0.05) is 20.3 Å². The highest BCUT2D eigenvalue weighted by Crippen LogP contribution is 2.12. The Balaban J connectivity index is 5.13. The van der Waals surface area contributed by atoms with Gasteiger partial charge in [0.15, 0.2) is 0 Å². The second-order valence-corrected chi connectivity index (χ2v) is 8.35. The van der Waals surface area contributed by atoms with Crippen LogP contribution < -0.4 is 16.0 Å². The van der Waals surface area contributed by atoms with E-state index in [9.17, 15) is 19.2 Å². The summed E-state index contributed by atoms with van der Waals surface area (Å²) in [5.74, 6) is -1.86. The molecule has 0 rings (SSSR count). The Morgan fingerprint density at radius 1 is 0.929 bits per heavy atom. The fourth-order valence-electron chi connectivity index (χ4n) is 2.22. The van der Waals surface area contributed by atoms with E-state index >= 15 is 0 Å². The maximum Gasteiger partial charge on any atom is 0.408 e. The van der Waals surface area contributed by atoms with Gasteiger partial charge in [-0.15, -0.1) is 0 Å². The summed E-state index contributed by atoms with van der Waals surface area (Å²) in [5, 5.41) is 7.67. The van der Waals surface area contributed by atoms with Crippen molar-refractivity contribution < 1.29 is 28.7 Å².